The van der Waals surface area contributed by atoms with Gasteiger partial charge in [-0.15, -0.1) is 0 Å². The van der Waals surface area contributed by atoms with Crippen LogP contribution < -0.4 is 25.6 Å². The number of aliphatic hydroxyl groups excluding tert-OH is 2. The van der Waals surface area contributed by atoms with Crippen LogP contribution in [-0.4, -0.2) is 62.9 Å². The minimum atomic E-state index is -2.76. The molecule has 1 fully saturated rings. The Hall–Kier alpha value is -3.78. The minimum absolute atomic E-state index is 0.00940. The Morgan fingerprint density at radius 1 is 1.35 bits per heavy atom. The summed E-state index contributed by atoms with van der Waals surface area (Å²) in [7, 11) is -2.76. The van der Waals surface area contributed by atoms with Crippen LogP contribution in [0.4, 0.5) is 5.82 Å². The number of para-hydroxylation sites is 2. The summed E-state index contributed by atoms with van der Waals surface area (Å²) in [6, 6.07) is 6.25. The zero-order valence-corrected chi connectivity index (χ0v) is 22.8. The molecule has 0 amide bonds. The maximum atomic E-state index is 12.8. The van der Waals surface area contributed by atoms with E-state index in [0.717, 1.165) is 4.57 Å². The minimum Gasteiger partial charge on any atom is -0.575 e. The van der Waals surface area contributed by atoms with Crippen LogP contribution in [0.2, 0.25) is 0 Å². The summed E-state index contributed by atoms with van der Waals surface area (Å²) in [5.41, 5.74) is 11.6. The third kappa shape index (κ3) is 6.86. The summed E-state index contributed by atoms with van der Waals surface area (Å²) in [5, 5.41) is 24.9. The largest absolute Gasteiger partial charge is 0.575 e. The number of aromatic nitrogens is 2. The molecule has 1 aromatic carbocycles. The fraction of sp³-hybridized carbons (Fsp3) is 0.522. The van der Waals surface area contributed by atoms with Gasteiger partial charge in [-0.1, -0.05) is 42.3 Å². The van der Waals surface area contributed by atoms with Crippen LogP contribution in [-0.2, 0) is 14.3 Å². The van der Waals surface area contributed by atoms with E-state index in [1.807, 2.05) is 6.92 Å². The highest BCUT2D eigenvalue weighted by atomic mass is 31.1. The molecule has 16 nitrogen and oxygen atoms in total. The number of ether oxygens (including phenoxy) is 3. The molecule has 1 aliphatic heterocycles. The van der Waals surface area contributed by atoms with Crippen molar-refractivity contribution in [2.45, 2.75) is 57.4 Å². The highest BCUT2D eigenvalue weighted by Gasteiger charge is 2.56. The summed E-state index contributed by atoms with van der Waals surface area (Å²) in [4.78, 5) is 43.6. The van der Waals surface area contributed by atoms with E-state index in [-0.39, 0.29) is 29.8 Å². The zero-order chi connectivity index (χ0) is 29.4. The molecule has 1 unspecified atom stereocenters. The molecule has 1 aliphatic rings. The average Bonchev–Trinajstić information content (AvgIpc) is 3.16. The van der Waals surface area contributed by atoms with Gasteiger partial charge in [-0.2, -0.15) is 4.98 Å². The van der Waals surface area contributed by atoms with Crippen LogP contribution in [0, 0.1) is 5.92 Å². The molecule has 0 aliphatic carbocycles. The fourth-order valence-electron chi connectivity index (χ4n) is 3.80. The molecule has 2 heterocycles. The SMILES string of the molecule is CCOC(=O)[C@@H](N=[P+]([O-])Oc1ccccc1OC[C@@]1(N=[N+]=[N-])O[C@@H](n2ccc(N)nc2=O)[C@H](O)[C@@H]1O)[C@@H](C)CC. The number of carbonyl (C=O) groups is 1. The van der Waals surface area contributed by atoms with Crippen LogP contribution in [0.15, 0.2) is 51.2 Å². The lowest BCUT2D eigenvalue weighted by Crippen LogP contribution is -2.46. The number of rotatable bonds is 12. The molecule has 0 radical (unpaired) electrons. The molecule has 40 heavy (non-hydrogen) atoms. The lowest BCUT2D eigenvalue weighted by atomic mass is 10.0. The van der Waals surface area contributed by atoms with Crippen molar-refractivity contribution in [2.75, 3.05) is 18.9 Å². The second-order valence-corrected chi connectivity index (χ2v) is 9.67. The molecule has 3 rings (SSSR count). The molecule has 17 heteroatoms. The number of azide groups is 1. The third-order valence-corrected chi connectivity index (χ3v) is 6.92. The second-order valence-electron chi connectivity index (χ2n) is 8.78. The number of anilines is 1. The second kappa shape index (κ2) is 13.5. The number of esters is 1. The summed E-state index contributed by atoms with van der Waals surface area (Å²) < 4.78 is 26.8. The van der Waals surface area contributed by atoms with Crippen molar-refractivity contribution < 1.29 is 38.6 Å². The molecule has 0 spiro atoms. The monoisotopic (exact) mass is 579 g/mol. The van der Waals surface area contributed by atoms with E-state index in [4.69, 9.17) is 30.0 Å². The first-order chi connectivity index (χ1) is 19.1. The Balaban J connectivity index is 1.84. The predicted molar refractivity (Wildman–Crippen MR) is 139 cm³/mol. The van der Waals surface area contributed by atoms with E-state index in [1.54, 1.807) is 26.0 Å². The molecular formula is C23H30N7O9P. The first-order valence-corrected chi connectivity index (χ1v) is 13.4. The van der Waals surface area contributed by atoms with Crippen LogP contribution in [0.5, 0.6) is 11.5 Å². The van der Waals surface area contributed by atoms with Crippen molar-refractivity contribution in [3.05, 3.63) is 57.5 Å². The first kappa shape index (κ1) is 30.8. The maximum Gasteiger partial charge on any atom is 0.395 e. The van der Waals surface area contributed by atoms with Crippen molar-refractivity contribution in [3.63, 3.8) is 0 Å². The van der Waals surface area contributed by atoms with Gasteiger partial charge in [0.25, 0.3) is 0 Å². The van der Waals surface area contributed by atoms with Gasteiger partial charge >= 0.3 is 19.8 Å². The topological polar surface area (TPSA) is 240 Å². The highest BCUT2D eigenvalue weighted by molar-refractivity contribution is 7.34. The molecule has 1 saturated heterocycles. The van der Waals surface area contributed by atoms with E-state index >= 15 is 0 Å². The number of benzene rings is 1. The molecular weight excluding hydrogens is 549 g/mol. The number of nitrogens with two attached hydrogens (primary N) is 1. The summed E-state index contributed by atoms with van der Waals surface area (Å²) in [6.45, 7) is 4.74. The number of nitrogen functional groups attached to an aromatic ring is 1. The van der Waals surface area contributed by atoms with Gasteiger partial charge in [0.1, 0.15) is 24.6 Å². The van der Waals surface area contributed by atoms with Gasteiger partial charge < -0.3 is 35.1 Å². The van der Waals surface area contributed by atoms with E-state index < -0.39 is 56.6 Å². The van der Waals surface area contributed by atoms with E-state index in [9.17, 15) is 24.7 Å². The Morgan fingerprint density at radius 2 is 2.05 bits per heavy atom. The van der Waals surface area contributed by atoms with Crippen molar-refractivity contribution in [2.24, 2.45) is 15.8 Å². The summed E-state index contributed by atoms with van der Waals surface area (Å²) >= 11 is 0. The molecule has 0 bridgehead atoms. The Bertz CT molecular complexity index is 1340. The lowest BCUT2D eigenvalue weighted by molar-refractivity contribution is -0.170. The molecule has 0 saturated carbocycles. The molecule has 7 atom stereocenters. The molecule has 216 valence electrons. The summed E-state index contributed by atoms with van der Waals surface area (Å²) in [6.07, 6.45) is -3.28. The normalized spacial score (nSPS) is 24.1. The number of aliphatic hydroxyl groups is 2. The van der Waals surface area contributed by atoms with Crippen LogP contribution in [0.25, 0.3) is 10.4 Å². The molecule has 4 N–H and O–H groups in total. The number of hydrogen-bond acceptors (Lipinski definition) is 13. The Labute approximate surface area is 229 Å². The van der Waals surface area contributed by atoms with Crippen molar-refractivity contribution >= 4 is 20.0 Å². The third-order valence-electron chi connectivity index (χ3n) is 6.13. The van der Waals surface area contributed by atoms with Gasteiger partial charge in [0, 0.05) is 11.1 Å². The number of nitrogens with zero attached hydrogens (tertiary/aromatic N) is 6. The standard InChI is InChI=1S/C23H30N7O9P/c1-4-13(3)17(21(33)36-5-2)27-40(35)39-15-9-7-6-8-14(15)37-12-23(28-29-25)19(32)18(31)20(38-23)30-11-10-16(24)26-22(30)34/h6-11,13,17-20,31-32H,4-5,12H2,1-3H3,(H2,24,26,34)/t13-,17-,18+,19-,20+,23+/m0/s1. The lowest BCUT2D eigenvalue weighted by Gasteiger charge is -2.26. The number of carbonyl (C=O) groups excluding carboxylic acids is 1. The van der Waals surface area contributed by atoms with Crippen LogP contribution in [0.3, 0.4) is 0 Å². The van der Waals surface area contributed by atoms with E-state index in [1.165, 1.54) is 24.4 Å². The fourth-order valence-corrected chi connectivity index (χ4v) is 4.69. The van der Waals surface area contributed by atoms with E-state index in [0.29, 0.717) is 6.42 Å². The molecule has 1 aromatic heterocycles. The van der Waals surface area contributed by atoms with E-state index in [2.05, 4.69) is 19.8 Å². The van der Waals surface area contributed by atoms with Gasteiger partial charge in [-0.25, -0.2) is 9.59 Å². The smallest absolute Gasteiger partial charge is 0.395 e. The number of hydrogen-bond donors (Lipinski definition) is 3. The highest BCUT2D eigenvalue weighted by Crippen LogP contribution is 2.40. The maximum absolute atomic E-state index is 12.8. The van der Waals surface area contributed by atoms with Gasteiger partial charge in [-0.3, -0.25) is 9.09 Å². The molecule has 2 aromatic rings. The van der Waals surface area contributed by atoms with Crippen LogP contribution in [0.1, 0.15) is 33.4 Å². The van der Waals surface area contributed by atoms with Crippen molar-refractivity contribution in [1.82, 2.24) is 9.55 Å². The van der Waals surface area contributed by atoms with Gasteiger partial charge in [0.2, 0.25) is 11.5 Å². The van der Waals surface area contributed by atoms with Crippen molar-refractivity contribution in [1.29, 1.82) is 0 Å². The summed E-state index contributed by atoms with van der Waals surface area (Å²) in [5.74, 6) is -1.01. The average molecular weight is 580 g/mol. The van der Waals surface area contributed by atoms with Crippen molar-refractivity contribution in [3.8, 4) is 11.5 Å². The van der Waals surface area contributed by atoms with Gasteiger partial charge in [0.15, 0.2) is 18.0 Å². The Morgan fingerprint density at radius 3 is 2.67 bits per heavy atom. The van der Waals surface area contributed by atoms with Gasteiger partial charge in [0.05, 0.1) is 6.61 Å². The van der Waals surface area contributed by atoms with Crippen LogP contribution >= 0.6 is 8.17 Å². The van der Waals surface area contributed by atoms with Gasteiger partial charge in [-0.05, 0) is 36.6 Å². The quantitative estimate of drug-likeness (QED) is 0.107. The predicted octanol–water partition coefficient (Wildman–Crippen LogP) is 1.37. The zero-order valence-electron chi connectivity index (χ0n) is 21.9. The Kier molecular flexibility index (Phi) is 10.4. The first-order valence-electron chi connectivity index (χ1n) is 12.3.